The molecule has 0 spiro atoms. The molecule has 0 bridgehead atoms. The highest BCUT2D eigenvalue weighted by Gasteiger charge is 2.19. The zero-order chi connectivity index (χ0) is 20.6. The van der Waals surface area contributed by atoms with E-state index < -0.39 is 6.10 Å². The van der Waals surface area contributed by atoms with Gasteiger partial charge in [-0.2, -0.15) is 0 Å². The van der Waals surface area contributed by atoms with Gasteiger partial charge >= 0.3 is 5.97 Å². The van der Waals surface area contributed by atoms with Crippen LogP contribution >= 0.6 is 11.8 Å². The van der Waals surface area contributed by atoms with Crippen LogP contribution in [0.25, 0.3) is 11.5 Å². The third-order valence-corrected chi connectivity index (χ3v) is 4.91. The lowest BCUT2D eigenvalue weighted by molar-refractivity contribution is -0.146. The lowest BCUT2D eigenvalue weighted by atomic mass is 10.2. The molecule has 3 aromatic rings. The highest BCUT2D eigenvalue weighted by molar-refractivity contribution is 8.00. The summed E-state index contributed by atoms with van der Waals surface area (Å²) in [7, 11) is 1.60. The smallest absolute Gasteiger partial charge is 0.317 e. The Balaban J connectivity index is 1.52. The Morgan fingerprint density at radius 2 is 1.76 bits per heavy atom. The summed E-state index contributed by atoms with van der Waals surface area (Å²) < 4.78 is 21.6. The maximum absolute atomic E-state index is 12.1. The van der Waals surface area contributed by atoms with Crippen LogP contribution in [0.3, 0.4) is 0 Å². The molecule has 0 aliphatic carbocycles. The van der Waals surface area contributed by atoms with Crippen molar-refractivity contribution < 1.29 is 23.4 Å². The van der Waals surface area contributed by atoms with E-state index in [1.165, 1.54) is 11.8 Å². The average Bonchev–Trinajstić information content (AvgIpc) is 3.24. The third-order valence-electron chi connectivity index (χ3n) is 3.93. The average molecular weight is 414 g/mol. The Bertz CT molecular complexity index is 925. The molecule has 0 aliphatic heterocycles. The molecular formula is C21H22N2O5S. The van der Waals surface area contributed by atoms with E-state index in [1.807, 2.05) is 43.3 Å². The minimum Gasteiger partial charge on any atom is -0.497 e. The van der Waals surface area contributed by atoms with E-state index in [2.05, 4.69) is 10.2 Å². The van der Waals surface area contributed by atoms with Crippen LogP contribution in [-0.2, 0) is 9.53 Å². The summed E-state index contributed by atoms with van der Waals surface area (Å²) >= 11 is 1.39. The third kappa shape index (κ3) is 5.74. The molecular weight excluding hydrogens is 392 g/mol. The van der Waals surface area contributed by atoms with Crippen LogP contribution in [0.4, 0.5) is 0 Å². The van der Waals surface area contributed by atoms with Gasteiger partial charge in [0.25, 0.3) is 5.89 Å². The number of thioether (sulfide) groups is 1. The van der Waals surface area contributed by atoms with E-state index in [9.17, 15) is 4.79 Å². The normalized spacial score (nSPS) is 11.7. The van der Waals surface area contributed by atoms with Crippen LogP contribution < -0.4 is 9.47 Å². The van der Waals surface area contributed by atoms with E-state index in [-0.39, 0.29) is 17.6 Å². The molecule has 3 rings (SSSR count). The molecule has 8 heteroatoms. The number of aromatic nitrogens is 2. The number of benzene rings is 2. The zero-order valence-electron chi connectivity index (χ0n) is 16.5. The first kappa shape index (κ1) is 20.7. The number of methoxy groups -OCH3 is 1. The summed E-state index contributed by atoms with van der Waals surface area (Å²) in [6, 6.07) is 14.8. The Morgan fingerprint density at radius 1 is 1.07 bits per heavy atom. The number of carbonyl (C=O) groups excluding carboxylic acids is 1. The van der Waals surface area contributed by atoms with Gasteiger partial charge in [0.05, 0.1) is 19.5 Å². The Morgan fingerprint density at radius 3 is 2.41 bits per heavy atom. The van der Waals surface area contributed by atoms with Crippen molar-refractivity contribution in [3.8, 4) is 23.0 Å². The van der Waals surface area contributed by atoms with Gasteiger partial charge in [-0.05, 0) is 62.4 Å². The predicted octanol–water partition coefficient (Wildman–Crippen LogP) is 4.54. The molecule has 1 atom stereocenters. The molecule has 0 radical (unpaired) electrons. The van der Waals surface area contributed by atoms with Crippen LogP contribution in [0, 0.1) is 0 Å². The fourth-order valence-corrected chi connectivity index (χ4v) is 3.15. The Kier molecular flexibility index (Phi) is 7.13. The van der Waals surface area contributed by atoms with E-state index in [4.69, 9.17) is 18.6 Å². The van der Waals surface area contributed by atoms with Crippen LogP contribution in [0.2, 0.25) is 0 Å². The van der Waals surface area contributed by atoms with Gasteiger partial charge in [-0.25, -0.2) is 0 Å². The topological polar surface area (TPSA) is 83.7 Å². The molecule has 0 saturated heterocycles. The zero-order valence-corrected chi connectivity index (χ0v) is 17.3. The lowest BCUT2D eigenvalue weighted by Gasteiger charge is -2.09. The number of ether oxygens (including phenoxy) is 3. The molecule has 0 saturated carbocycles. The van der Waals surface area contributed by atoms with Crippen LogP contribution in [0.15, 0.2) is 57.8 Å². The second-order valence-electron chi connectivity index (χ2n) is 6.00. The first-order valence-electron chi connectivity index (χ1n) is 9.12. The van der Waals surface area contributed by atoms with E-state index in [0.29, 0.717) is 12.5 Å². The summed E-state index contributed by atoms with van der Waals surface area (Å²) in [4.78, 5) is 13.1. The maximum atomic E-state index is 12.1. The van der Waals surface area contributed by atoms with Crippen molar-refractivity contribution in [1.82, 2.24) is 10.2 Å². The standard InChI is InChI=1S/C21H22N2O5S/c1-4-26-17-9-11-18(12-10-17)29-13-19(24)27-14(2)20-22-23-21(28-20)15-5-7-16(25-3)8-6-15/h5-12,14H,4,13H2,1-3H3/t14-/m0/s1. The molecule has 0 amide bonds. The molecule has 152 valence electrons. The van der Waals surface area contributed by atoms with Crippen LogP contribution in [0.1, 0.15) is 25.8 Å². The number of nitrogens with zero attached hydrogens (tertiary/aromatic N) is 2. The number of hydrogen-bond acceptors (Lipinski definition) is 8. The summed E-state index contributed by atoms with van der Waals surface area (Å²) in [6.45, 7) is 4.25. The Labute approximate surface area is 173 Å². The largest absolute Gasteiger partial charge is 0.497 e. The van der Waals surface area contributed by atoms with Gasteiger partial charge in [-0.15, -0.1) is 22.0 Å². The molecule has 29 heavy (non-hydrogen) atoms. The van der Waals surface area contributed by atoms with Gasteiger partial charge in [0, 0.05) is 10.5 Å². The summed E-state index contributed by atoms with van der Waals surface area (Å²) in [5, 5.41) is 8.01. The van der Waals surface area contributed by atoms with Crippen LogP contribution in [-0.4, -0.2) is 35.6 Å². The monoisotopic (exact) mass is 414 g/mol. The minimum absolute atomic E-state index is 0.178. The molecule has 0 N–H and O–H groups in total. The van der Waals surface area contributed by atoms with Gasteiger partial charge < -0.3 is 18.6 Å². The Hall–Kier alpha value is -3.00. The molecule has 1 heterocycles. The number of carbonyl (C=O) groups is 1. The summed E-state index contributed by atoms with van der Waals surface area (Å²) in [5.74, 6) is 1.96. The van der Waals surface area contributed by atoms with Crippen molar-refractivity contribution in [3.63, 3.8) is 0 Å². The molecule has 0 unspecified atom stereocenters. The number of esters is 1. The summed E-state index contributed by atoms with van der Waals surface area (Å²) in [6.07, 6.45) is -0.636. The first-order chi connectivity index (χ1) is 14.1. The van der Waals surface area contributed by atoms with Crippen molar-refractivity contribution in [2.45, 2.75) is 24.8 Å². The van der Waals surface area contributed by atoms with Gasteiger partial charge in [0.2, 0.25) is 5.89 Å². The predicted molar refractivity (Wildman–Crippen MR) is 109 cm³/mol. The van der Waals surface area contributed by atoms with Gasteiger partial charge in [0.15, 0.2) is 6.10 Å². The highest BCUT2D eigenvalue weighted by Crippen LogP contribution is 2.25. The quantitative estimate of drug-likeness (QED) is 0.373. The van der Waals surface area contributed by atoms with Crippen molar-refractivity contribution in [2.24, 2.45) is 0 Å². The van der Waals surface area contributed by atoms with E-state index >= 15 is 0 Å². The molecule has 0 aliphatic rings. The van der Waals surface area contributed by atoms with Gasteiger partial charge in [-0.1, -0.05) is 0 Å². The fraction of sp³-hybridized carbons (Fsp3) is 0.286. The van der Waals surface area contributed by atoms with E-state index in [1.54, 1.807) is 26.2 Å². The SMILES string of the molecule is CCOc1ccc(SCC(=O)O[C@@H](C)c2nnc(-c3ccc(OC)cc3)o2)cc1. The van der Waals surface area contributed by atoms with Crippen molar-refractivity contribution in [2.75, 3.05) is 19.5 Å². The second kappa shape index (κ2) is 9.97. The van der Waals surface area contributed by atoms with Crippen molar-refractivity contribution in [3.05, 3.63) is 54.4 Å². The minimum atomic E-state index is -0.636. The molecule has 1 aromatic heterocycles. The molecule has 2 aromatic carbocycles. The lowest BCUT2D eigenvalue weighted by Crippen LogP contribution is -2.11. The maximum Gasteiger partial charge on any atom is 0.317 e. The number of hydrogen-bond donors (Lipinski definition) is 0. The molecule has 0 fully saturated rings. The van der Waals surface area contributed by atoms with Crippen LogP contribution in [0.5, 0.6) is 11.5 Å². The molecule has 7 nitrogen and oxygen atoms in total. The highest BCUT2D eigenvalue weighted by atomic mass is 32.2. The summed E-state index contributed by atoms with van der Waals surface area (Å²) in [5.41, 5.74) is 0.758. The number of rotatable bonds is 9. The fourth-order valence-electron chi connectivity index (χ4n) is 2.47. The second-order valence-corrected chi connectivity index (χ2v) is 7.05. The van der Waals surface area contributed by atoms with Crippen molar-refractivity contribution >= 4 is 17.7 Å². The van der Waals surface area contributed by atoms with Gasteiger partial charge in [0.1, 0.15) is 11.5 Å². The van der Waals surface area contributed by atoms with Crippen molar-refractivity contribution in [1.29, 1.82) is 0 Å². The van der Waals surface area contributed by atoms with Gasteiger partial charge in [-0.3, -0.25) is 4.79 Å². The first-order valence-corrected chi connectivity index (χ1v) is 10.1. The van der Waals surface area contributed by atoms with E-state index in [0.717, 1.165) is 22.0 Å².